The molecule has 1 atom stereocenters. The Kier molecular flexibility index (Phi) is 4.04. The van der Waals surface area contributed by atoms with E-state index in [2.05, 4.69) is 9.97 Å². The number of nitrogens with zero attached hydrogens (tertiary/aromatic N) is 2. The van der Waals surface area contributed by atoms with Crippen molar-refractivity contribution in [2.45, 2.75) is 59.1 Å². The third kappa shape index (κ3) is 2.98. The highest BCUT2D eigenvalue weighted by molar-refractivity contribution is 6.64. The zero-order valence-corrected chi connectivity index (χ0v) is 14.9. The molecule has 128 valence electrons. The van der Waals surface area contributed by atoms with Gasteiger partial charge >= 0.3 is 7.12 Å². The average molecular weight is 332 g/mol. The topological polar surface area (TPSA) is 53.5 Å². The van der Waals surface area contributed by atoms with Crippen LogP contribution in [-0.2, 0) is 9.31 Å². The molecule has 2 heterocycles. The molecule has 1 fully saturated rings. The van der Waals surface area contributed by atoms with Crippen molar-refractivity contribution in [3.05, 3.63) is 23.9 Å². The van der Waals surface area contributed by atoms with Crippen molar-refractivity contribution in [1.29, 1.82) is 0 Å². The van der Waals surface area contributed by atoms with Gasteiger partial charge in [0.25, 0.3) is 0 Å². The molecule has 0 aliphatic carbocycles. The maximum Gasteiger partial charge on any atom is 0.497 e. The van der Waals surface area contributed by atoms with Gasteiger partial charge < -0.3 is 14.0 Å². The highest BCUT2D eigenvalue weighted by Crippen LogP contribution is 2.37. The molecule has 1 unspecified atom stereocenters. The lowest BCUT2D eigenvalue weighted by Gasteiger charge is -2.32. The molecule has 1 aromatic carbocycles. The average Bonchev–Trinajstić information content (AvgIpc) is 2.65. The maximum absolute atomic E-state index is 13.0. The van der Waals surface area contributed by atoms with Gasteiger partial charge in [-0.2, -0.15) is 0 Å². The van der Waals surface area contributed by atoms with Crippen LogP contribution in [0, 0.1) is 6.92 Å². The fourth-order valence-electron chi connectivity index (χ4n) is 2.65. The summed E-state index contributed by atoms with van der Waals surface area (Å²) in [7, 11) is -0.529. The predicted molar refractivity (Wildman–Crippen MR) is 91.2 cm³/mol. The number of fused-ring (bicyclic) bond motifs is 1. The van der Waals surface area contributed by atoms with Crippen LogP contribution in [0.5, 0.6) is 5.88 Å². The minimum atomic E-state index is -1.44. The molecular weight excluding hydrogens is 310 g/mol. The van der Waals surface area contributed by atoms with Gasteiger partial charge in [0, 0.05) is 12.4 Å². The molecule has 1 aliphatic heterocycles. The van der Waals surface area contributed by atoms with Gasteiger partial charge in [0.2, 0.25) is 12.2 Å². The van der Waals surface area contributed by atoms with Gasteiger partial charge in [-0.25, -0.2) is 14.4 Å². The summed E-state index contributed by atoms with van der Waals surface area (Å²) in [5, 5.41) is 0. The van der Waals surface area contributed by atoms with Crippen LogP contribution in [0.1, 0.15) is 40.2 Å². The molecule has 1 saturated heterocycles. The molecule has 24 heavy (non-hydrogen) atoms. The number of rotatable bonds is 3. The SMILES string of the molecule is Cc1cc(B2OC(C)(C)C(C)(C)O2)c2ncc(OC(C)F)nc2c1. The Balaban J connectivity index is 2.06. The van der Waals surface area contributed by atoms with E-state index < -0.39 is 24.7 Å². The summed E-state index contributed by atoms with van der Waals surface area (Å²) in [6.07, 6.45) is -0.0215. The molecule has 5 nitrogen and oxygen atoms in total. The largest absolute Gasteiger partial charge is 0.497 e. The molecule has 0 saturated carbocycles. The van der Waals surface area contributed by atoms with Crippen molar-refractivity contribution in [2.75, 3.05) is 0 Å². The normalized spacial score (nSPS) is 20.4. The van der Waals surface area contributed by atoms with E-state index in [1.807, 2.05) is 46.8 Å². The molecule has 2 aromatic rings. The number of benzene rings is 1. The maximum atomic E-state index is 13.0. The Morgan fingerprint density at radius 2 is 1.79 bits per heavy atom. The highest BCUT2D eigenvalue weighted by Gasteiger charge is 2.52. The lowest BCUT2D eigenvalue weighted by atomic mass is 9.77. The minimum Gasteiger partial charge on any atom is -0.442 e. The molecule has 0 amide bonds. The quantitative estimate of drug-likeness (QED) is 0.809. The number of aryl methyl sites for hydroxylation is 1. The lowest BCUT2D eigenvalue weighted by molar-refractivity contribution is 0.00578. The van der Waals surface area contributed by atoms with Crippen LogP contribution in [-0.4, -0.2) is 34.6 Å². The molecule has 1 aliphatic rings. The number of hydrogen-bond donors (Lipinski definition) is 0. The second-order valence-electron chi connectivity index (χ2n) is 7.18. The van der Waals surface area contributed by atoms with Crippen LogP contribution in [0.2, 0.25) is 0 Å². The van der Waals surface area contributed by atoms with Gasteiger partial charge in [0.05, 0.1) is 28.4 Å². The third-order valence-corrected chi connectivity index (χ3v) is 4.59. The Labute approximate surface area is 141 Å². The second kappa shape index (κ2) is 5.67. The zero-order chi connectivity index (χ0) is 17.7. The van der Waals surface area contributed by atoms with Crippen molar-refractivity contribution < 1.29 is 18.4 Å². The summed E-state index contributed by atoms with van der Waals surface area (Å²) in [5.74, 6) is 0.156. The summed E-state index contributed by atoms with van der Waals surface area (Å²) in [4.78, 5) is 8.75. The fraction of sp³-hybridized carbons (Fsp3) is 0.529. The van der Waals surface area contributed by atoms with Crippen LogP contribution in [0.25, 0.3) is 11.0 Å². The summed E-state index contributed by atoms with van der Waals surface area (Å²) < 4.78 is 30.3. The van der Waals surface area contributed by atoms with Crippen LogP contribution < -0.4 is 10.2 Å². The number of alkyl halides is 1. The molecule has 0 bridgehead atoms. The molecule has 3 rings (SSSR count). The van der Waals surface area contributed by atoms with Gasteiger partial charge in [0.1, 0.15) is 0 Å². The van der Waals surface area contributed by atoms with E-state index in [-0.39, 0.29) is 5.88 Å². The Hall–Kier alpha value is -1.73. The Bertz CT molecular complexity index is 764. The Morgan fingerprint density at radius 1 is 1.17 bits per heavy atom. The second-order valence-corrected chi connectivity index (χ2v) is 7.18. The molecule has 0 spiro atoms. The lowest BCUT2D eigenvalue weighted by Crippen LogP contribution is -2.41. The molecule has 1 aromatic heterocycles. The highest BCUT2D eigenvalue weighted by atomic mass is 19.1. The van der Waals surface area contributed by atoms with E-state index in [0.29, 0.717) is 11.0 Å². The van der Waals surface area contributed by atoms with Gasteiger partial charge in [-0.05, 0) is 46.2 Å². The number of ether oxygens (including phenoxy) is 1. The van der Waals surface area contributed by atoms with Crippen LogP contribution in [0.4, 0.5) is 4.39 Å². The zero-order valence-electron chi connectivity index (χ0n) is 14.9. The van der Waals surface area contributed by atoms with Crippen molar-refractivity contribution >= 4 is 23.6 Å². The van der Waals surface area contributed by atoms with Gasteiger partial charge in [-0.15, -0.1) is 0 Å². The van der Waals surface area contributed by atoms with E-state index in [9.17, 15) is 4.39 Å². The fourth-order valence-corrected chi connectivity index (χ4v) is 2.65. The first-order valence-corrected chi connectivity index (χ1v) is 8.03. The number of hydrogen-bond acceptors (Lipinski definition) is 5. The standard InChI is InChI=1S/C17H22BFN2O3/c1-10-7-12(18-23-16(3,4)17(5,6)24-18)15-13(8-10)21-14(9-20-15)22-11(2)19/h7-9,11H,1-6H3. The summed E-state index contributed by atoms with van der Waals surface area (Å²) >= 11 is 0. The van der Waals surface area contributed by atoms with Crippen molar-refractivity contribution in [3.8, 4) is 5.88 Å². The Morgan fingerprint density at radius 3 is 2.38 bits per heavy atom. The summed E-state index contributed by atoms with van der Waals surface area (Å²) in [6, 6.07) is 3.87. The van der Waals surface area contributed by atoms with Crippen LogP contribution in [0.3, 0.4) is 0 Å². The third-order valence-electron chi connectivity index (χ3n) is 4.59. The molecular formula is C17H22BFN2O3. The van der Waals surface area contributed by atoms with Crippen molar-refractivity contribution in [2.24, 2.45) is 0 Å². The first kappa shape index (κ1) is 17.1. The summed E-state index contributed by atoms with van der Waals surface area (Å²) in [5.41, 5.74) is 2.22. The summed E-state index contributed by atoms with van der Waals surface area (Å²) in [6.45, 7) is 11.3. The van der Waals surface area contributed by atoms with E-state index in [0.717, 1.165) is 11.0 Å². The molecule has 7 heteroatoms. The first-order chi connectivity index (χ1) is 11.1. The van der Waals surface area contributed by atoms with Crippen molar-refractivity contribution in [3.63, 3.8) is 0 Å². The van der Waals surface area contributed by atoms with Crippen molar-refractivity contribution in [1.82, 2.24) is 9.97 Å². The molecule has 0 N–H and O–H groups in total. The van der Waals surface area contributed by atoms with E-state index in [1.165, 1.54) is 13.1 Å². The van der Waals surface area contributed by atoms with Gasteiger partial charge in [-0.1, -0.05) is 6.07 Å². The predicted octanol–water partition coefficient (Wildman–Crippen LogP) is 2.93. The molecule has 0 radical (unpaired) electrons. The van der Waals surface area contributed by atoms with Gasteiger partial charge in [0.15, 0.2) is 0 Å². The number of halogens is 1. The smallest absolute Gasteiger partial charge is 0.442 e. The number of aromatic nitrogens is 2. The van der Waals surface area contributed by atoms with E-state index >= 15 is 0 Å². The van der Waals surface area contributed by atoms with Gasteiger partial charge in [-0.3, -0.25) is 0 Å². The van der Waals surface area contributed by atoms with E-state index in [4.69, 9.17) is 14.0 Å². The van der Waals surface area contributed by atoms with E-state index in [1.54, 1.807) is 0 Å². The minimum absolute atomic E-state index is 0.156. The van der Waals surface area contributed by atoms with Crippen LogP contribution in [0.15, 0.2) is 18.3 Å². The van der Waals surface area contributed by atoms with Crippen LogP contribution >= 0.6 is 0 Å². The monoisotopic (exact) mass is 332 g/mol. The first-order valence-electron chi connectivity index (χ1n) is 8.03.